The van der Waals surface area contributed by atoms with E-state index in [1.54, 1.807) is 16.6 Å². The second-order valence-electron chi connectivity index (χ2n) is 4.56. The van der Waals surface area contributed by atoms with Gasteiger partial charge in [0.15, 0.2) is 0 Å². The van der Waals surface area contributed by atoms with Crippen LogP contribution in [0, 0.1) is 11.3 Å². The number of rotatable bonds is 2. The van der Waals surface area contributed by atoms with Crippen LogP contribution in [0.25, 0.3) is 17.0 Å². The second kappa shape index (κ2) is 4.63. The Kier molecular flexibility index (Phi) is 2.80. The molecule has 0 aliphatic carbocycles. The molecule has 0 radical (unpaired) electrons. The number of aromatic nitrogens is 4. The van der Waals surface area contributed by atoms with Crippen LogP contribution in [0.1, 0.15) is 5.56 Å². The molecule has 0 saturated heterocycles. The predicted octanol–water partition coefficient (Wildman–Crippen LogP) is 1.73. The Morgan fingerprint density at radius 3 is 2.60 bits per heavy atom. The lowest BCUT2D eigenvalue weighted by Gasteiger charge is -2.13. The molecule has 2 heterocycles. The molecule has 0 spiro atoms. The summed E-state index contributed by atoms with van der Waals surface area (Å²) in [6.07, 6.45) is 1.48. The van der Waals surface area contributed by atoms with Crippen molar-refractivity contribution < 1.29 is 0 Å². The first kappa shape index (κ1) is 12.1. The summed E-state index contributed by atoms with van der Waals surface area (Å²) in [7, 11) is 3.86. The Balaban J connectivity index is 2.22. The van der Waals surface area contributed by atoms with Crippen molar-refractivity contribution in [1.29, 1.82) is 5.26 Å². The third-order valence-corrected chi connectivity index (χ3v) is 3.01. The molecule has 3 rings (SSSR count). The minimum atomic E-state index is 0.551. The van der Waals surface area contributed by atoms with Gasteiger partial charge in [0, 0.05) is 25.7 Å². The Morgan fingerprint density at radius 1 is 1.20 bits per heavy atom. The number of hydrogen-bond donors (Lipinski definition) is 0. The predicted molar refractivity (Wildman–Crippen MR) is 75.3 cm³/mol. The number of fused-ring (bicyclic) bond motifs is 1. The maximum atomic E-state index is 8.86. The van der Waals surface area contributed by atoms with E-state index in [9.17, 15) is 0 Å². The first-order chi connectivity index (χ1) is 9.69. The van der Waals surface area contributed by atoms with E-state index in [2.05, 4.69) is 21.1 Å². The van der Waals surface area contributed by atoms with E-state index in [1.807, 2.05) is 37.2 Å². The van der Waals surface area contributed by atoms with Gasteiger partial charge in [0.1, 0.15) is 12.1 Å². The Labute approximate surface area is 115 Å². The minimum Gasteiger partial charge on any atom is -0.363 e. The number of benzene rings is 1. The van der Waals surface area contributed by atoms with Crippen molar-refractivity contribution >= 4 is 11.6 Å². The summed E-state index contributed by atoms with van der Waals surface area (Å²) in [5, 5.41) is 13.1. The molecule has 0 atom stereocenters. The van der Waals surface area contributed by atoms with Crippen molar-refractivity contribution in [2.45, 2.75) is 0 Å². The molecule has 0 fully saturated rings. The Hall–Kier alpha value is -2.94. The molecular weight excluding hydrogens is 252 g/mol. The Morgan fingerprint density at radius 2 is 1.95 bits per heavy atom. The van der Waals surface area contributed by atoms with Gasteiger partial charge in [-0.15, -0.1) is 0 Å². The summed E-state index contributed by atoms with van der Waals surface area (Å²) in [5.74, 6) is 1.36. The highest BCUT2D eigenvalue weighted by Crippen LogP contribution is 2.23. The first-order valence-electron chi connectivity index (χ1n) is 6.07. The van der Waals surface area contributed by atoms with Gasteiger partial charge in [-0.2, -0.15) is 24.8 Å². The summed E-state index contributed by atoms with van der Waals surface area (Å²) in [5.41, 5.74) is 2.48. The van der Waals surface area contributed by atoms with E-state index in [0.29, 0.717) is 11.3 Å². The molecule has 0 bridgehead atoms. The molecule has 6 nitrogen and oxygen atoms in total. The van der Waals surface area contributed by atoms with E-state index in [1.165, 1.54) is 6.33 Å². The zero-order chi connectivity index (χ0) is 14.1. The fraction of sp³-hybridized carbons (Fsp3) is 0.143. The summed E-state index contributed by atoms with van der Waals surface area (Å²) < 4.78 is 1.69. The monoisotopic (exact) mass is 264 g/mol. The van der Waals surface area contributed by atoms with Gasteiger partial charge in [0.25, 0.3) is 5.78 Å². The van der Waals surface area contributed by atoms with Gasteiger partial charge in [-0.05, 0) is 12.1 Å². The van der Waals surface area contributed by atoms with Gasteiger partial charge in [0.2, 0.25) is 0 Å². The molecule has 0 N–H and O–H groups in total. The molecule has 0 unspecified atom stereocenters. The van der Waals surface area contributed by atoms with Crippen LogP contribution in [-0.4, -0.2) is 33.7 Å². The summed E-state index contributed by atoms with van der Waals surface area (Å²) in [6.45, 7) is 0. The molecule has 2 aromatic heterocycles. The van der Waals surface area contributed by atoms with Crippen LogP contribution in [-0.2, 0) is 0 Å². The maximum Gasteiger partial charge on any atom is 0.254 e. The van der Waals surface area contributed by atoms with Crippen molar-refractivity contribution in [3.63, 3.8) is 0 Å². The topological polar surface area (TPSA) is 70.1 Å². The summed E-state index contributed by atoms with van der Waals surface area (Å²) in [4.78, 5) is 10.5. The minimum absolute atomic E-state index is 0.551. The van der Waals surface area contributed by atoms with Gasteiger partial charge >= 0.3 is 0 Å². The van der Waals surface area contributed by atoms with E-state index in [4.69, 9.17) is 5.26 Å². The zero-order valence-electron chi connectivity index (χ0n) is 11.1. The molecule has 0 amide bonds. The third-order valence-electron chi connectivity index (χ3n) is 3.01. The number of anilines is 1. The quantitative estimate of drug-likeness (QED) is 0.705. The van der Waals surface area contributed by atoms with Crippen molar-refractivity contribution in [3.05, 3.63) is 42.2 Å². The Bertz CT molecular complexity index is 795. The fourth-order valence-corrected chi connectivity index (χ4v) is 1.95. The van der Waals surface area contributed by atoms with Crippen molar-refractivity contribution in [2.24, 2.45) is 0 Å². The van der Waals surface area contributed by atoms with Gasteiger partial charge in [-0.3, -0.25) is 0 Å². The van der Waals surface area contributed by atoms with Gasteiger partial charge in [-0.25, -0.2) is 0 Å². The van der Waals surface area contributed by atoms with Crippen molar-refractivity contribution in [2.75, 3.05) is 19.0 Å². The molecule has 0 aliphatic rings. The van der Waals surface area contributed by atoms with Gasteiger partial charge < -0.3 is 4.90 Å². The van der Waals surface area contributed by atoms with Crippen LogP contribution in [0.4, 0.5) is 5.82 Å². The lowest BCUT2D eigenvalue weighted by atomic mass is 10.1. The lowest BCUT2D eigenvalue weighted by molar-refractivity contribution is 0.935. The third kappa shape index (κ3) is 1.95. The van der Waals surface area contributed by atoms with E-state index < -0.39 is 0 Å². The van der Waals surface area contributed by atoms with Gasteiger partial charge in [0.05, 0.1) is 17.3 Å². The highest BCUT2D eigenvalue weighted by molar-refractivity contribution is 5.66. The molecule has 1 aromatic carbocycles. The maximum absolute atomic E-state index is 8.86. The van der Waals surface area contributed by atoms with E-state index in [-0.39, 0.29) is 0 Å². The van der Waals surface area contributed by atoms with Crippen LogP contribution in [0.3, 0.4) is 0 Å². The molecule has 98 valence electrons. The number of hydrogen-bond acceptors (Lipinski definition) is 5. The molecular formula is C14H12N6. The zero-order valence-corrected chi connectivity index (χ0v) is 11.1. The normalized spacial score (nSPS) is 10.4. The van der Waals surface area contributed by atoms with Crippen LogP contribution in [0.5, 0.6) is 0 Å². The fourth-order valence-electron chi connectivity index (χ4n) is 1.95. The molecule has 3 aromatic rings. The molecule has 20 heavy (non-hydrogen) atoms. The number of nitrogens with zero attached hydrogens (tertiary/aromatic N) is 6. The highest BCUT2D eigenvalue weighted by atomic mass is 15.3. The van der Waals surface area contributed by atoms with Crippen molar-refractivity contribution in [3.8, 4) is 17.3 Å². The molecule has 0 aliphatic heterocycles. The van der Waals surface area contributed by atoms with E-state index >= 15 is 0 Å². The summed E-state index contributed by atoms with van der Waals surface area (Å²) in [6, 6.07) is 11.4. The smallest absolute Gasteiger partial charge is 0.254 e. The van der Waals surface area contributed by atoms with Crippen LogP contribution >= 0.6 is 0 Å². The van der Waals surface area contributed by atoms with Crippen LogP contribution in [0.2, 0.25) is 0 Å². The van der Waals surface area contributed by atoms with Gasteiger partial charge in [-0.1, -0.05) is 12.1 Å². The largest absolute Gasteiger partial charge is 0.363 e. The van der Waals surface area contributed by atoms with Crippen molar-refractivity contribution in [1.82, 2.24) is 19.6 Å². The van der Waals surface area contributed by atoms with Crippen LogP contribution < -0.4 is 4.90 Å². The van der Waals surface area contributed by atoms with E-state index in [0.717, 1.165) is 17.1 Å². The average molecular weight is 264 g/mol. The standard InChI is InChI=1S/C14H12N6/c1-19(2)13-7-12(20-14(18-13)16-9-17-20)11-5-3-10(8-15)4-6-11/h3-7,9H,1-2H3. The second-order valence-corrected chi connectivity index (χ2v) is 4.56. The molecule has 6 heteroatoms. The lowest BCUT2D eigenvalue weighted by Crippen LogP contribution is -2.12. The first-order valence-corrected chi connectivity index (χ1v) is 6.07. The SMILES string of the molecule is CN(C)c1cc(-c2ccc(C#N)cc2)n2ncnc2n1. The summed E-state index contributed by atoms with van der Waals surface area (Å²) >= 11 is 0. The van der Waals surface area contributed by atoms with Crippen LogP contribution in [0.15, 0.2) is 36.7 Å². The molecule has 0 saturated carbocycles. The average Bonchev–Trinajstić information content (AvgIpc) is 2.94. The highest BCUT2D eigenvalue weighted by Gasteiger charge is 2.10. The number of nitriles is 1.